The van der Waals surface area contributed by atoms with Crippen molar-refractivity contribution < 1.29 is 5.11 Å². The molecule has 15 heavy (non-hydrogen) atoms. The van der Waals surface area contributed by atoms with Crippen LogP contribution in [-0.2, 0) is 0 Å². The lowest BCUT2D eigenvalue weighted by Gasteiger charge is -2.19. The maximum atomic E-state index is 9.55. The number of nitrogens with one attached hydrogen (secondary N) is 1. The minimum Gasteiger partial charge on any atom is -0.389 e. The van der Waals surface area contributed by atoms with Gasteiger partial charge in [-0.05, 0) is 41.9 Å². The summed E-state index contributed by atoms with van der Waals surface area (Å²) in [4.78, 5) is 0. The van der Waals surface area contributed by atoms with Gasteiger partial charge in [-0.1, -0.05) is 23.2 Å². The van der Waals surface area contributed by atoms with E-state index in [0.717, 1.165) is 4.47 Å². The van der Waals surface area contributed by atoms with Crippen molar-refractivity contribution in [2.24, 2.45) is 0 Å². The number of aliphatic hydroxyl groups is 1. The third-order valence-corrected chi connectivity index (χ3v) is 3.52. The van der Waals surface area contributed by atoms with Gasteiger partial charge in [-0.15, -0.1) is 0 Å². The Bertz CT molecular complexity index is 363. The predicted molar refractivity (Wildman–Crippen MR) is 68.9 cm³/mol. The first-order valence-corrected chi connectivity index (χ1v) is 5.96. The van der Waals surface area contributed by atoms with Crippen LogP contribution in [0.15, 0.2) is 16.6 Å². The van der Waals surface area contributed by atoms with Crippen LogP contribution in [0.4, 0.5) is 5.69 Å². The minimum absolute atomic E-state index is 0.407. The molecule has 0 aromatic heterocycles. The summed E-state index contributed by atoms with van der Waals surface area (Å²) in [6.45, 7) is 3.84. The largest absolute Gasteiger partial charge is 0.389 e. The number of hydrogen-bond acceptors (Lipinski definition) is 2. The molecule has 0 fully saturated rings. The fourth-order valence-electron chi connectivity index (χ4n) is 0.974. The van der Waals surface area contributed by atoms with Crippen LogP contribution in [0.3, 0.4) is 0 Å². The zero-order valence-electron chi connectivity index (χ0n) is 8.44. The third kappa shape index (κ3) is 3.83. The van der Waals surface area contributed by atoms with E-state index >= 15 is 0 Å². The summed E-state index contributed by atoms with van der Waals surface area (Å²) in [6.07, 6.45) is 0. The van der Waals surface area contributed by atoms with Crippen molar-refractivity contribution in [2.75, 3.05) is 11.9 Å². The van der Waals surface area contributed by atoms with Gasteiger partial charge in [0.15, 0.2) is 0 Å². The lowest BCUT2D eigenvalue weighted by Crippen LogP contribution is -2.29. The molecule has 0 aliphatic heterocycles. The number of halogens is 3. The molecule has 84 valence electrons. The van der Waals surface area contributed by atoms with Gasteiger partial charge >= 0.3 is 0 Å². The Hall–Kier alpha value is 0.0400. The highest BCUT2D eigenvalue weighted by Crippen LogP contribution is 2.35. The molecule has 2 N–H and O–H groups in total. The average Bonchev–Trinajstić information content (AvgIpc) is 2.12. The van der Waals surface area contributed by atoms with Crippen molar-refractivity contribution in [3.63, 3.8) is 0 Å². The standard InChI is InChI=1S/C10H12BrCl2NO/c1-10(2,15)5-14-7-4-3-6(11)8(12)9(7)13/h3-4,14-15H,5H2,1-2H3. The molecule has 0 spiro atoms. The van der Waals surface area contributed by atoms with E-state index in [1.165, 1.54) is 0 Å². The first-order valence-electron chi connectivity index (χ1n) is 4.41. The van der Waals surface area contributed by atoms with Crippen LogP contribution in [0.5, 0.6) is 0 Å². The zero-order chi connectivity index (χ0) is 11.6. The summed E-state index contributed by atoms with van der Waals surface area (Å²) in [6, 6.07) is 3.62. The lowest BCUT2D eigenvalue weighted by molar-refractivity contribution is 0.0945. The summed E-state index contributed by atoms with van der Waals surface area (Å²) in [5.74, 6) is 0. The van der Waals surface area contributed by atoms with E-state index in [-0.39, 0.29) is 0 Å². The average molecular weight is 313 g/mol. The van der Waals surface area contributed by atoms with Gasteiger partial charge in [-0.25, -0.2) is 0 Å². The molecule has 0 unspecified atom stereocenters. The third-order valence-electron chi connectivity index (χ3n) is 1.75. The van der Waals surface area contributed by atoms with E-state index in [1.807, 2.05) is 6.07 Å². The molecule has 1 rings (SSSR count). The molecule has 0 aliphatic rings. The highest BCUT2D eigenvalue weighted by molar-refractivity contribution is 9.10. The molecule has 0 heterocycles. The Balaban J connectivity index is 2.83. The fraction of sp³-hybridized carbons (Fsp3) is 0.400. The smallest absolute Gasteiger partial charge is 0.0835 e. The lowest BCUT2D eigenvalue weighted by atomic mass is 10.1. The molecule has 5 heteroatoms. The summed E-state index contributed by atoms with van der Waals surface area (Å²) < 4.78 is 0.753. The Morgan fingerprint density at radius 3 is 2.47 bits per heavy atom. The topological polar surface area (TPSA) is 32.3 Å². The van der Waals surface area contributed by atoms with Gasteiger partial charge in [0, 0.05) is 11.0 Å². The van der Waals surface area contributed by atoms with Gasteiger partial charge in [-0.3, -0.25) is 0 Å². The summed E-state index contributed by atoms with van der Waals surface area (Å²) in [5.41, 5.74) is -0.0740. The van der Waals surface area contributed by atoms with E-state index in [9.17, 15) is 5.11 Å². The zero-order valence-corrected chi connectivity index (χ0v) is 11.5. The van der Waals surface area contributed by atoms with E-state index in [1.54, 1.807) is 19.9 Å². The van der Waals surface area contributed by atoms with Gasteiger partial charge in [0.2, 0.25) is 0 Å². The highest BCUT2D eigenvalue weighted by Gasteiger charge is 2.14. The van der Waals surface area contributed by atoms with Crippen LogP contribution >= 0.6 is 39.1 Å². The molecule has 1 aromatic rings. The van der Waals surface area contributed by atoms with Crippen LogP contribution in [0, 0.1) is 0 Å². The van der Waals surface area contributed by atoms with Gasteiger partial charge < -0.3 is 10.4 Å². The molecule has 0 saturated carbocycles. The van der Waals surface area contributed by atoms with Crippen LogP contribution in [0.2, 0.25) is 10.0 Å². The van der Waals surface area contributed by atoms with E-state index in [2.05, 4.69) is 21.2 Å². The Labute approximate surface area is 108 Å². The van der Waals surface area contributed by atoms with E-state index in [0.29, 0.717) is 22.3 Å². The molecule has 0 bridgehead atoms. The van der Waals surface area contributed by atoms with E-state index < -0.39 is 5.60 Å². The van der Waals surface area contributed by atoms with E-state index in [4.69, 9.17) is 23.2 Å². The van der Waals surface area contributed by atoms with Gasteiger partial charge in [0.05, 0.1) is 21.3 Å². The maximum Gasteiger partial charge on any atom is 0.0835 e. The molecule has 0 atom stereocenters. The Kier molecular flexibility index (Phi) is 4.29. The molecule has 0 radical (unpaired) electrons. The number of anilines is 1. The SMILES string of the molecule is CC(C)(O)CNc1ccc(Br)c(Cl)c1Cl. The molecular weight excluding hydrogens is 301 g/mol. The van der Waals surface area contributed by atoms with Crippen molar-refractivity contribution in [3.8, 4) is 0 Å². The Morgan fingerprint density at radius 1 is 1.33 bits per heavy atom. The van der Waals surface area contributed by atoms with Crippen LogP contribution in [0.25, 0.3) is 0 Å². The van der Waals surface area contributed by atoms with Crippen molar-refractivity contribution in [1.82, 2.24) is 0 Å². The fourth-order valence-corrected chi connectivity index (χ4v) is 1.81. The molecule has 0 aliphatic carbocycles. The van der Waals surface area contributed by atoms with Crippen molar-refractivity contribution in [1.29, 1.82) is 0 Å². The first-order chi connectivity index (χ1) is 6.81. The van der Waals surface area contributed by atoms with Gasteiger partial charge in [-0.2, -0.15) is 0 Å². The number of rotatable bonds is 3. The second kappa shape index (κ2) is 4.91. The minimum atomic E-state index is -0.789. The normalized spacial score (nSPS) is 11.6. The van der Waals surface area contributed by atoms with Crippen molar-refractivity contribution >= 4 is 44.8 Å². The van der Waals surface area contributed by atoms with Crippen LogP contribution < -0.4 is 5.32 Å². The van der Waals surface area contributed by atoms with Gasteiger partial charge in [0.25, 0.3) is 0 Å². The number of benzene rings is 1. The molecule has 0 saturated heterocycles. The predicted octanol–water partition coefficient (Wildman–Crippen LogP) is 3.94. The summed E-state index contributed by atoms with van der Waals surface area (Å²) >= 11 is 15.2. The highest BCUT2D eigenvalue weighted by atomic mass is 79.9. The second-order valence-corrected chi connectivity index (χ2v) is 5.50. The Morgan fingerprint density at radius 2 is 1.93 bits per heavy atom. The van der Waals surface area contributed by atoms with Crippen LogP contribution in [0.1, 0.15) is 13.8 Å². The number of hydrogen-bond donors (Lipinski definition) is 2. The second-order valence-electron chi connectivity index (χ2n) is 3.89. The monoisotopic (exact) mass is 311 g/mol. The summed E-state index contributed by atoms with van der Waals surface area (Å²) in [5, 5.41) is 13.5. The maximum absolute atomic E-state index is 9.55. The van der Waals surface area contributed by atoms with Crippen molar-refractivity contribution in [3.05, 3.63) is 26.7 Å². The quantitative estimate of drug-likeness (QED) is 0.829. The van der Waals surface area contributed by atoms with Crippen LogP contribution in [-0.4, -0.2) is 17.3 Å². The van der Waals surface area contributed by atoms with Crippen molar-refractivity contribution in [2.45, 2.75) is 19.4 Å². The molecule has 2 nitrogen and oxygen atoms in total. The molecular formula is C10H12BrCl2NO. The first kappa shape index (κ1) is 13.1. The summed E-state index contributed by atoms with van der Waals surface area (Å²) in [7, 11) is 0. The van der Waals surface area contributed by atoms with Gasteiger partial charge in [0.1, 0.15) is 0 Å². The molecule has 1 aromatic carbocycles. The molecule has 0 amide bonds.